The van der Waals surface area contributed by atoms with E-state index in [-0.39, 0.29) is 17.7 Å². The molecule has 2 fully saturated rings. The molecular weight excluding hydrogens is 242 g/mol. The Labute approximate surface area is 115 Å². The van der Waals surface area contributed by atoms with Gasteiger partial charge in [0.15, 0.2) is 0 Å². The highest BCUT2D eigenvalue weighted by atomic mass is 16.4. The summed E-state index contributed by atoms with van der Waals surface area (Å²) in [6.07, 6.45) is 9.64. The van der Waals surface area contributed by atoms with Gasteiger partial charge in [-0.05, 0) is 38.0 Å². The largest absolute Gasteiger partial charge is 0.481 e. The molecule has 2 atom stereocenters. The molecule has 1 amide bonds. The van der Waals surface area contributed by atoms with Crippen molar-refractivity contribution in [1.82, 2.24) is 5.32 Å². The summed E-state index contributed by atoms with van der Waals surface area (Å²) in [5.41, 5.74) is 0. The van der Waals surface area contributed by atoms with E-state index in [1.54, 1.807) is 0 Å². The Hall–Kier alpha value is -1.06. The first-order valence-electron chi connectivity index (χ1n) is 7.67. The Morgan fingerprint density at radius 2 is 1.74 bits per heavy atom. The molecule has 0 radical (unpaired) electrons. The first kappa shape index (κ1) is 14.4. The van der Waals surface area contributed by atoms with Crippen LogP contribution in [0.1, 0.15) is 57.8 Å². The average Bonchev–Trinajstić information content (AvgIpc) is 3.05. The fourth-order valence-corrected chi connectivity index (χ4v) is 3.49. The van der Waals surface area contributed by atoms with Crippen molar-refractivity contribution in [3.63, 3.8) is 0 Å². The molecule has 2 N–H and O–H groups in total. The van der Waals surface area contributed by atoms with Gasteiger partial charge in [-0.1, -0.05) is 25.7 Å². The lowest BCUT2D eigenvalue weighted by atomic mass is 10.0. The van der Waals surface area contributed by atoms with Crippen LogP contribution in [0.2, 0.25) is 0 Å². The van der Waals surface area contributed by atoms with Crippen LogP contribution in [-0.2, 0) is 9.59 Å². The lowest BCUT2D eigenvalue weighted by Gasteiger charge is -2.12. The zero-order valence-electron chi connectivity index (χ0n) is 11.6. The van der Waals surface area contributed by atoms with Gasteiger partial charge in [0.1, 0.15) is 0 Å². The molecule has 4 nitrogen and oxygen atoms in total. The van der Waals surface area contributed by atoms with Gasteiger partial charge in [-0.25, -0.2) is 0 Å². The monoisotopic (exact) mass is 267 g/mol. The van der Waals surface area contributed by atoms with Crippen LogP contribution in [-0.4, -0.2) is 23.5 Å². The Balaban J connectivity index is 1.58. The molecule has 4 heteroatoms. The summed E-state index contributed by atoms with van der Waals surface area (Å²) in [4.78, 5) is 22.8. The number of carboxylic acid groups (broad SMARTS) is 1. The highest BCUT2D eigenvalue weighted by molar-refractivity contribution is 5.80. The second-order valence-electron chi connectivity index (χ2n) is 6.13. The van der Waals surface area contributed by atoms with Gasteiger partial charge >= 0.3 is 5.97 Å². The van der Waals surface area contributed by atoms with Gasteiger partial charge in [0.05, 0.1) is 5.92 Å². The molecule has 0 spiro atoms. The third kappa shape index (κ3) is 4.22. The fourth-order valence-electron chi connectivity index (χ4n) is 3.49. The number of amides is 1. The quantitative estimate of drug-likeness (QED) is 0.727. The number of rotatable bonds is 6. The molecule has 0 aromatic heterocycles. The minimum Gasteiger partial charge on any atom is -0.481 e. The molecule has 19 heavy (non-hydrogen) atoms. The predicted octanol–water partition coefficient (Wildman–Crippen LogP) is 2.57. The first-order valence-corrected chi connectivity index (χ1v) is 7.67. The molecule has 0 aliphatic heterocycles. The van der Waals surface area contributed by atoms with Crippen molar-refractivity contribution in [3.05, 3.63) is 0 Å². The summed E-state index contributed by atoms with van der Waals surface area (Å²) >= 11 is 0. The molecule has 0 aromatic carbocycles. The van der Waals surface area contributed by atoms with E-state index < -0.39 is 5.97 Å². The summed E-state index contributed by atoms with van der Waals surface area (Å²) in [5.74, 6) is -0.201. The smallest absolute Gasteiger partial charge is 0.306 e. The number of carboxylic acids is 1. The molecular formula is C15H25NO3. The highest BCUT2D eigenvalue weighted by Crippen LogP contribution is 2.31. The van der Waals surface area contributed by atoms with E-state index in [1.807, 2.05) is 0 Å². The molecule has 2 rings (SSSR count). The van der Waals surface area contributed by atoms with Crippen LogP contribution < -0.4 is 5.32 Å². The maximum absolute atomic E-state index is 11.9. The molecule has 108 valence electrons. The molecule has 0 saturated heterocycles. The summed E-state index contributed by atoms with van der Waals surface area (Å²) in [6.45, 7) is 0.754. The zero-order valence-corrected chi connectivity index (χ0v) is 11.6. The number of nitrogens with one attached hydrogen (secondary N) is 1. The van der Waals surface area contributed by atoms with Gasteiger partial charge < -0.3 is 10.4 Å². The van der Waals surface area contributed by atoms with Gasteiger partial charge in [0.25, 0.3) is 0 Å². The van der Waals surface area contributed by atoms with Gasteiger partial charge in [-0.15, -0.1) is 0 Å². The normalized spacial score (nSPS) is 27.6. The average molecular weight is 267 g/mol. The van der Waals surface area contributed by atoms with Crippen molar-refractivity contribution in [2.75, 3.05) is 6.54 Å². The lowest BCUT2D eigenvalue weighted by Crippen LogP contribution is -2.30. The van der Waals surface area contributed by atoms with Crippen molar-refractivity contribution >= 4 is 11.9 Å². The number of hydrogen-bond acceptors (Lipinski definition) is 2. The van der Waals surface area contributed by atoms with E-state index in [2.05, 4.69) is 5.32 Å². The molecule has 2 aliphatic carbocycles. The number of carbonyl (C=O) groups excluding carboxylic acids is 1. The second kappa shape index (κ2) is 6.92. The van der Waals surface area contributed by atoms with Crippen LogP contribution >= 0.6 is 0 Å². The number of carbonyl (C=O) groups is 2. The Morgan fingerprint density at radius 3 is 2.37 bits per heavy atom. The fraction of sp³-hybridized carbons (Fsp3) is 0.867. The van der Waals surface area contributed by atoms with Crippen molar-refractivity contribution < 1.29 is 14.7 Å². The number of aliphatic carboxylic acids is 1. The van der Waals surface area contributed by atoms with Crippen LogP contribution in [0, 0.1) is 17.8 Å². The third-order valence-electron chi connectivity index (χ3n) is 4.72. The molecule has 0 bridgehead atoms. The summed E-state index contributed by atoms with van der Waals surface area (Å²) < 4.78 is 0. The van der Waals surface area contributed by atoms with E-state index in [0.717, 1.165) is 25.3 Å². The topological polar surface area (TPSA) is 66.4 Å². The zero-order chi connectivity index (χ0) is 13.7. The standard InChI is InChI=1S/C15H25NO3/c17-14(12-7-8-13(10-12)15(18)19)16-9-3-6-11-4-1-2-5-11/h11-13H,1-10H2,(H,16,17)(H,18,19). The van der Waals surface area contributed by atoms with Crippen LogP contribution in [0.3, 0.4) is 0 Å². The lowest BCUT2D eigenvalue weighted by molar-refractivity contribution is -0.141. The Bertz CT molecular complexity index is 323. The van der Waals surface area contributed by atoms with Crippen LogP contribution in [0.25, 0.3) is 0 Å². The molecule has 2 unspecified atom stereocenters. The van der Waals surface area contributed by atoms with Crippen molar-refractivity contribution in [2.45, 2.75) is 57.8 Å². The van der Waals surface area contributed by atoms with E-state index in [0.29, 0.717) is 12.8 Å². The van der Waals surface area contributed by atoms with Gasteiger partial charge in [0.2, 0.25) is 5.91 Å². The minimum absolute atomic E-state index is 0.0650. The van der Waals surface area contributed by atoms with E-state index in [1.165, 1.54) is 32.1 Å². The molecule has 0 heterocycles. The molecule has 2 aliphatic rings. The van der Waals surface area contributed by atoms with Crippen LogP contribution in [0.5, 0.6) is 0 Å². The highest BCUT2D eigenvalue weighted by Gasteiger charge is 2.33. The molecule has 0 aromatic rings. The van der Waals surface area contributed by atoms with Gasteiger partial charge in [-0.3, -0.25) is 9.59 Å². The second-order valence-corrected chi connectivity index (χ2v) is 6.13. The summed E-state index contributed by atoms with van der Waals surface area (Å²) in [6, 6.07) is 0. The Morgan fingerprint density at radius 1 is 1.05 bits per heavy atom. The first-order chi connectivity index (χ1) is 9.16. The maximum Gasteiger partial charge on any atom is 0.306 e. The van der Waals surface area contributed by atoms with Crippen LogP contribution in [0.4, 0.5) is 0 Å². The SMILES string of the molecule is O=C(O)C1CCC(C(=O)NCCCC2CCCC2)C1. The predicted molar refractivity (Wildman–Crippen MR) is 72.7 cm³/mol. The van der Waals surface area contributed by atoms with E-state index in [9.17, 15) is 9.59 Å². The number of hydrogen-bond donors (Lipinski definition) is 2. The van der Waals surface area contributed by atoms with Crippen molar-refractivity contribution in [2.24, 2.45) is 17.8 Å². The van der Waals surface area contributed by atoms with Gasteiger partial charge in [0, 0.05) is 12.5 Å². The summed E-state index contributed by atoms with van der Waals surface area (Å²) in [5, 5.41) is 11.9. The van der Waals surface area contributed by atoms with E-state index in [4.69, 9.17) is 5.11 Å². The van der Waals surface area contributed by atoms with Gasteiger partial charge in [-0.2, -0.15) is 0 Å². The maximum atomic E-state index is 11.9. The third-order valence-corrected chi connectivity index (χ3v) is 4.72. The molecule has 2 saturated carbocycles. The minimum atomic E-state index is -0.753. The van der Waals surface area contributed by atoms with E-state index >= 15 is 0 Å². The van der Waals surface area contributed by atoms with Crippen molar-refractivity contribution in [1.29, 1.82) is 0 Å². The van der Waals surface area contributed by atoms with Crippen molar-refractivity contribution in [3.8, 4) is 0 Å². The summed E-state index contributed by atoms with van der Waals surface area (Å²) in [7, 11) is 0. The Kier molecular flexibility index (Phi) is 5.23. The van der Waals surface area contributed by atoms with Crippen LogP contribution in [0.15, 0.2) is 0 Å².